The van der Waals surface area contributed by atoms with Gasteiger partial charge in [0, 0.05) is 21.9 Å². The van der Waals surface area contributed by atoms with Gasteiger partial charge in [0.1, 0.15) is 24.0 Å². The molecule has 0 unspecified atom stereocenters. The highest BCUT2D eigenvalue weighted by molar-refractivity contribution is 7.98. The number of azide groups is 1. The maximum absolute atomic E-state index is 12.5. The van der Waals surface area contributed by atoms with E-state index in [1.807, 2.05) is 72.8 Å². The van der Waals surface area contributed by atoms with Gasteiger partial charge in [-0.25, -0.2) is 4.98 Å². The molecule has 0 saturated heterocycles. The number of aromatic amines is 1. The highest BCUT2D eigenvalue weighted by Gasteiger charge is 2.14. The SMILES string of the molecule is N#Cc1c(-c2ccc(COc3ccccc3)cc2)nc(SCc2ccc(N=[N+]=[N-])cc2)[nH]c1=O. The van der Waals surface area contributed by atoms with Crippen molar-refractivity contribution in [1.29, 1.82) is 5.26 Å². The molecule has 0 aliphatic heterocycles. The molecule has 3 aromatic carbocycles. The van der Waals surface area contributed by atoms with Crippen LogP contribution in [0, 0.1) is 11.3 Å². The molecule has 0 aliphatic carbocycles. The molecule has 0 spiro atoms. The van der Waals surface area contributed by atoms with Crippen LogP contribution in [0.1, 0.15) is 16.7 Å². The monoisotopic (exact) mass is 466 g/mol. The van der Waals surface area contributed by atoms with Crippen LogP contribution in [0.5, 0.6) is 5.75 Å². The summed E-state index contributed by atoms with van der Waals surface area (Å²) in [5, 5.41) is 13.5. The predicted molar refractivity (Wildman–Crippen MR) is 131 cm³/mol. The Morgan fingerprint density at radius 1 is 1.03 bits per heavy atom. The highest BCUT2D eigenvalue weighted by Crippen LogP contribution is 2.25. The zero-order valence-corrected chi connectivity index (χ0v) is 18.7. The Morgan fingerprint density at radius 2 is 1.74 bits per heavy atom. The summed E-state index contributed by atoms with van der Waals surface area (Å²) in [5.41, 5.74) is 11.5. The zero-order chi connectivity index (χ0) is 23.8. The molecule has 0 radical (unpaired) electrons. The number of nitrogens with zero attached hydrogens (tertiary/aromatic N) is 5. The molecular weight excluding hydrogens is 448 g/mol. The van der Waals surface area contributed by atoms with E-state index in [0.29, 0.717) is 34.5 Å². The molecule has 166 valence electrons. The van der Waals surface area contributed by atoms with Crippen molar-refractivity contribution in [2.45, 2.75) is 17.5 Å². The van der Waals surface area contributed by atoms with E-state index in [0.717, 1.165) is 16.9 Å². The van der Waals surface area contributed by atoms with Crippen molar-refractivity contribution >= 4 is 17.4 Å². The average molecular weight is 467 g/mol. The number of benzene rings is 3. The zero-order valence-electron chi connectivity index (χ0n) is 17.9. The largest absolute Gasteiger partial charge is 0.489 e. The van der Waals surface area contributed by atoms with Gasteiger partial charge in [0.25, 0.3) is 5.56 Å². The summed E-state index contributed by atoms with van der Waals surface area (Å²) in [6.07, 6.45) is 0. The van der Waals surface area contributed by atoms with Crippen LogP contribution in [0.15, 0.2) is 93.9 Å². The smallest absolute Gasteiger partial charge is 0.270 e. The number of para-hydroxylation sites is 1. The maximum atomic E-state index is 12.5. The van der Waals surface area contributed by atoms with Crippen molar-refractivity contribution in [3.05, 3.63) is 116 Å². The van der Waals surface area contributed by atoms with E-state index in [1.54, 1.807) is 12.1 Å². The van der Waals surface area contributed by atoms with E-state index in [2.05, 4.69) is 20.0 Å². The van der Waals surface area contributed by atoms with E-state index in [4.69, 9.17) is 10.3 Å². The van der Waals surface area contributed by atoms with Crippen molar-refractivity contribution in [2.24, 2.45) is 5.11 Å². The Bertz CT molecular complexity index is 1420. The molecule has 1 aromatic heterocycles. The third-order valence-electron chi connectivity index (χ3n) is 4.86. The lowest BCUT2D eigenvalue weighted by Crippen LogP contribution is -2.14. The first kappa shape index (κ1) is 22.7. The molecule has 0 aliphatic rings. The van der Waals surface area contributed by atoms with Gasteiger partial charge in [-0.15, -0.1) is 0 Å². The summed E-state index contributed by atoms with van der Waals surface area (Å²) in [5.74, 6) is 1.32. The van der Waals surface area contributed by atoms with Gasteiger partial charge in [-0.2, -0.15) is 5.26 Å². The number of rotatable bonds is 8. The topological polar surface area (TPSA) is 128 Å². The normalized spacial score (nSPS) is 10.2. The lowest BCUT2D eigenvalue weighted by atomic mass is 10.1. The minimum Gasteiger partial charge on any atom is -0.489 e. The van der Waals surface area contributed by atoms with Crippen LogP contribution >= 0.6 is 11.8 Å². The van der Waals surface area contributed by atoms with Crippen LogP contribution in [0.2, 0.25) is 0 Å². The van der Waals surface area contributed by atoms with E-state index in [-0.39, 0.29) is 5.56 Å². The Hall–Kier alpha value is -4.51. The number of hydrogen-bond donors (Lipinski definition) is 1. The maximum Gasteiger partial charge on any atom is 0.270 e. The Kier molecular flexibility index (Phi) is 7.25. The Morgan fingerprint density at radius 3 is 2.41 bits per heavy atom. The lowest BCUT2D eigenvalue weighted by molar-refractivity contribution is 0.306. The van der Waals surface area contributed by atoms with Crippen molar-refractivity contribution in [2.75, 3.05) is 0 Å². The third kappa shape index (κ3) is 5.64. The second-order valence-corrected chi connectivity index (χ2v) is 8.11. The van der Waals surface area contributed by atoms with E-state index in [1.165, 1.54) is 11.8 Å². The second-order valence-electron chi connectivity index (χ2n) is 7.15. The summed E-state index contributed by atoms with van der Waals surface area (Å²) < 4.78 is 5.77. The van der Waals surface area contributed by atoms with Gasteiger partial charge in [0.05, 0.1) is 5.69 Å². The first-order valence-corrected chi connectivity index (χ1v) is 11.2. The highest BCUT2D eigenvalue weighted by atomic mass is 32.2. The molecule has 8 nitrogen and oxygen atoms in total. The molecule has 0 amide bonds. The minimum absolute atomic E-state index is 0.0312. The quantitative estimate of drug-likeness (QED) is 0.110. The number of aromatic nitrogens is 2. The molecule has 4 aromatic rings. The predicted octanol–water partition coefficient (Wildman–Crippen LogP) is 6.12. The number of thioether (sulfide) groups is 1. The van der Waals surface area contributed by atoms with Crippen molar-refractivity contribution in [3.8, 4) is 23.1 Å². The number of ether oxygens (including phenoxy) is 1. The van der Waals surface area contributed by atoms with Crippen molar-refractivity contribution < 1.29 is 4.74 Å². The fraction of sp³-hybridized carbons (Fsp3) is 0.0800. The standard InChI is InChI=1S/C25H18N6O2S/c26-14-22-23(19-10-6-17(7-11-19)15-33-21-4-2-1-3-5-21)28-25(29-24(22)32)34-16-18-8-12-20(13-9-18)30-31-27/h1-13H,15-16H2,(H,28,29,32). The molecule has 0 bridgehead atoms. The van der Waals surface area contributed by atoms with Gasteiger partial charge < -0.3 is 9.72 Å². The van der Waals surface area contributed by atoms with Gasteiger partial charge in [0.15, 0.2) is 5.16 Å². The van der Waals surface area contributed by atoms with Gasteiger partial charge in [-0.05, 0) is 28.8 Å². The summed E-state index contributed by atoms with van der Waals surface area (Å²) in [4.78, 5) is 22.5. The number of nitriles is 1. The van der Waals surface area contributed by atoms with Gasteiger partial charge in [-0.3, -0.25) is 4.79 Å². The third-order valence-corrected chi connectivity index (χ3v) is 5.80. The van der Waals surface area contributed by atoms with Gasteiger partial charge >= 0.3 is 0 Å². The van der Waals surface area contributed by atoms with Crippen LogP contribution in [-0.2, 0) is 12.4 Å². The number of H-pyrrole nitrogens is 1. The minimum atomic E-state index is -0.481. The molecular formula is C25H18N6O2S. The average Bonchev–Trinajstić information content (AvgIpc) is 2.88. The Labute approximate surface area is 199 Å². The summed E-state index contributed by atoms with van der Waals surface area (Å²) in [6, 6.07) is 26.1. The van der Waals surface area contributed by atoms with E-state index < -0.39 is 5.56 Å². The van der Waals surface area contributed by atoms with Crippen LogP contribution in [0.3, 0.4) is 0 Å². The second kappa shape index (κ2) is 10.9. The number of nitrogens with one attached hydrogen (secondary N) is 1. The molecule has 1 N–H and O–H groups in total. The van der Waals surface area contributed by atoms with Gasteiger partial charge in [0.2, 0.25) is 0 Å². The molecule has 9 heteroatoms. The van der Waals surface area contributed by atoms with Crippen molar-refractivity contribution in [3.63, 3.8) is 0 Å². The molecule has 1 heterocycles. The first-order valence-electron chi connectivity index (χ1n) is 10.2. The summed E-state index contributed by atoms with van der Waals surface area (Å²) >= 11 is 1.34. The van der Waals surface area contributed by atoms with Crippen LogP contribution in [-0.4, -0.2) is 9.97 Å². The first-order chi connectivity index (χ1) is 16.7. The van der Waals surface area contributed by atoms with Crippen LogP contribution < -0.4 is 10.3 Å². The van der Waals surface area contributed by atoms with Gasteiger partial charge in [-0.1, -0.05) is 83.6 Å². The molecule has 4 rings (SSSR count). The molecule has 34 heavy (non-hydrogen) atoms. The molecule has 0 atom stereocenters. The lowest BCUT2D eigenvalue weighted by Gasteiger charge is -2.09. The molecule has 0 saturated carbocycles. The fourth-order valence-corrected chi connectivity index (χ4v) is 3.95. The van der Waals surface area contributed by atoms with E-state index in [9.17, 15) is 10.1 Å². The summed E-state index contributed by atoms with van der Waals surface area (Å²) in [6.45, 7) is 0.401. The van der Waals surface area contributed by atoms with Crippen LogP contribution in [0.4, 0.5) is 5.69 Å². The van der Waals surface area contributed by atoms with E-state index >= 15 is 0 Å². The fourth-order valence-electron chi connectivity index (χ4n) is 3.14. The van der Waals surface area contributed by atoms with Crippen molar-refractivity contribution in [1.82, 2.24) is 9.97 Å². The van der Waals surface area contributed by atoms with Crippen LogP contribution in [0.25, 0.3) is 21.7 Å². The number of hydrogen-bond acceptors (Lipinski definition) is 6. The molecule has 0 fully saturated rings. The Balaban J connectivity index is 1.51. The summed E-state index contributed by atoms with van der Waals surface area (Å²) in [7, 11) is 0.